The second-order valence-electron chi connectivity index (χ2n) is 7.75. The van der Waals surface area contributed by atoms with E-state index in [1.54, 1.807) is 24.3 Å². The highest BCUT2D eigenvalue weighted by atomic mass is 16.5. The number of nitrogens with zero attached hydrogens (tertiary/aromatic N) is 1. The molecule has 0 saturated carbocycles. The number of para-hydroxylation sites is 1. The molecule has 0 spiro atoms. The Kier molecular flexibility index (Phi) is 6.72. The number of hydrogen-bond donors (Lipinski definition) is 3. The van der Waals surface area contributed by atoms with Gasteiger partial charge in [0.25, 0.3) is 5.91 Å². The molecule has 3 N–H and O–H groups in total. The Hall–Kier alpha value is -4.08. The van der Waals surface area contributed by atoms with Gasteiger partial charge in [-0.1, -0.05) is 36.4 Å². The van der Waals surface area contributed by atoms with E-state index in [-0.39, 0.29) is 12.5 Å². The number of rotatable bonds is 8. The third-order valence-electron chi connectivity index (χ3n) is 5.55. The van der Waals surface area contributed by atoms with E-state index in [4.69, 9.17) is 4.74 Å². The highest BCUT2D eigenvalue weighted by Gasteiger charge is 2.19. The fraction of sp³-hybridized carbons (Fsp3) is 0.185. The Labute approximate surface area is 192 Å². The summed E-state index contributed by atoms with van der Waals surface area (Å²) in [7, 11) is 0. The molecule has 1 unspecified atom stereocenters. The first-order valence-electron chi connectivity index (χ1n) is 10.9. The number of aromatic nitrogens is 1. The molecule has 33 heavy (non-hydrogen) atoms. The van der Waals surface area contributed by atoms with Crippen LogP contribution in [0.1, 0.15) is 28.4 Å². The van der Waals surface area contributed by atoms with Crippen molar-refractivity contribution in [3.05, 3.63) is 89.6 Å². The summed E-state index contributed by atoms with van der Waals surface area (Å²) in [6.45, 7) is 2.08. The zero-order valence-corrected chi connectivity index (χ0v) is 18.3. The zero-order chi connectivity index (χ0) is 23.2. The third-order valence-corrected chi connectivity index (χ3v) is 5.55. The number of benzene rings is 3. The molecule has 1 atom stereocenters. The van der Waals surface area contributed by atoms with Crippen LogP contribution in [-0.4, -0.2) is 35.3 Å². The van der Waals surface area contributed by atoms with Crippen molar-refractivity contribution in [1.29, 1.82) is 5.26 Å². The lowest BCUT2D eigenvalue weighted by Crippen LogP contribution is -2.39. The van der Waals surface area contributed by atoms with Gasteiger partial charge in [-0.25, -0.2) is 0 Å². The lowest BCUT2D eigenvalue weighted by molar-refractivity contribution is 0.0913. The number of aliphatic hydroxyl groups is 1. The normalized spacial score (nSPS) is 11.7. The zero-order valence-electron chi connectivity index (χ0n) is 18.3. The minimum atomic E-state index is -0.461. The molecule has 0 aliphatic heterocycles. The molecule has 0 saturated heterocycles. The predicted molar refractivity (Wildman–Crippen MR) is 128 cm³/mol. The van der Waals surface area contributed by atoms with Gasteiger partial charge < -0.3 is 20.1 Å². The van der Waals surface area contributed by atoms with Crippen LogP contribution in [0.15, 0.2) is 72.9 Å². The van der Waals surface area contributed by atoms with Crippen LogP contribution in [0.2, 0.25) is 0 Å². The van der Waals surface area contributed by atoms with E-state index in [0.29, 0.717) is 29.9 Å². The summed E-state index contributed by atoms with van der Waals surface area (Å²) in [6, 6.07) is 22.2. The number of nitriles is 1. The number of amides is 1. The number of ether oxygens (including phenoxy) is 1. The van der Waals surface area contributed by atoms with Crippen LogP contribution in [0, 0.1) is 11.3 Å². The summed E-state index contributed by atoms with van der Waals surface area (Å²) in [5.41, 5.74) is 4.61. The summed E-state index contributed by atoms with van der Waals surface area (Å²) >= 11 is 0. The van der Waals surface area contributed by atoms with Gasteiger partial charge >= 0.3 is 0 Å². The number of carbonyl (C=O) groups is 1. The molecule has 4 aromatic rings. The van der Waals surface area contributed by atoms with Crippen molar-refractivity contribution in [1.82, 2.24) is 10.3 Å². The van der Waals surface area contributed by atoms with Crippen LogP contribution >= 0.6 is 0 Å². The molecular weight excluding hydrogens is 414 g/mol. The standard InChI is InChI=1S/C27H25N3O3/c1-2-33-26-11-10-20(19-7-5-6-18(12-19)15-28)14-24(26)27(32)30-22(17-31)13-21-16-29-25-9-4-3-8-23(21)25/h3-12,14,16,22,29,31H,2,13,17H2,1H3,(H,30,32). The second kappa shape index (κ2) is 10.0. The summed E-state index contributed by atoms with van der Waals surface area (Å²) in [4.78, 5) is 16.5. The minimum Gasteiger partial charge on any atom is -0.493 e. The molecule has 1 aromatic heterocycles. The Morgan fingerprint density at radius 1 is 1.12 bits per heavy atom. The number of H-pyrrole nitrogens is 1. The summed E-state index contributed by atoms with van der Waals surface area (Å²) < 4.78 is 5.69. The van der Waals surface area contributed by atoms with E-state index >= 15 is 0 Å². The van der Waals surface area contributed by atoms with Crippen LogP contribution in [-0.2, 0) is 6.42 Å². The van der Waals surface area contributed by atoms with Crippen molar-refractivity contribution in [2.24, 2.45) is 0 Å². The van der Waals surface area contributed by atoms with Crippen LogP contribution in [0.3, 0.4) is 0 Å². The van der Waals surface area contributed by atoms with Crippen molar-refractivity contribution < 1.29 is 14.6 Å². The molecule has 0 bridgehead atoms. The average molecular weight is 440 g/mol. The molecule has 6 nitrogen and oxygen atoms in total. The van der Waals surface area contributed by atoms with Gasteiger partial charge in [0.2, 0.25) is 0 Å². The maximum Gasteiger partial charge on any atom is 0.255 e. The van der Waals surface area contributed by atoms with Gasteiger partial charge in [0, 0.05) is 17.1 Å². The second-order valence-corrected chi connectivity index (χ2v) is 7.75. The fourth-order valence-corrected chi connectivity index (χ4v) is 3.93. The quantitative estimate of drug-likeness (QED) is 0.378. The number of carbonyl (C=O) groups excluding carboxylic acids is 1. The molecule has 0 fully saturated rings. The highest BCUT2D eigenvalue weighted by Crippen LogP contribution is 2.28. The Bertz CT molecular complexity index is 1320. The van der Waals surface area contributed by atoms with Crippen LogP contribution in [0.5, 0.6) is 5.75 Å². The highest BCUT2D eigenvalue weighted by molar-refractivity contribution is 5.98. The van der Waals surface area contributed by atoms with Crippen LogP contribution in [0.4, 0.5) is 0 Å². The monoisotopic (exact) mass is 439 g/mol. The van der Waals surface area contributed by atoms with E-state index in [9.17, 15) is 15.2 Å². The van der Waals surface area contributed by atoms with E-state index in [1.807, 2.05) is 55.6 Å². The molecule has 166 valence electrons. The van der Waals surface area contributed by atoms with Crippen molar-refractivity contribution >= 4 is 16.8 Å². The van der Waals surface area contributed by atoms with Gasteiger partial charge in [0.15, 0.2) is 0 Å². The van der Waals surface area contributed by atoms with Crippen molar-refractivity contribution in [3.8, 4) is 22.9 Å². The number of aromatic amines is 1. The first-order valence-corrected chi connectivity index (χ1v) is 10.9. The average Bonchev–Trinajstić information content (AvgIpc) is 3.26. The molecule has 3 aromatic carbocycles. The Morgan fingerprint density at radius 3 is 2.73 bits per heavy atom. The minimum absolute atomic E-state index is 0.195. The van der Waals surface area contributed by atoms with Gasteiger partial charge in [-0.3, -0.25) is 4.79 Å². The van der Waals surface area contributed by atoms with E-state index < -0.39 is 6.04 Å². The van der Waals surface area contributed by atoms with Crippen molar-refractivity contribution in [2.75, 3.05) is 13.2 Å². The molecule has 4 rings (SSSR count). The van der Waals surface area contributed by atoms with E-state index in [0.717, 1.165) is 27.6 Å². The van der Waals surface area contributed by atoms with Gasteiger partial charge in [0.1, 0.15) is 5.75 Å². The van der Waals surface area contributed by atoms with E-state index in [1.165, 1.54) is 0 Å². The maximum atomic E-state index is 13.2. The number of aliphatic hydroxyl groups excluding tert-OH is 1. The number of fused-ring (bicyclic) bond motifs is 1. The lowest BCUT2D eigenvalue weighted by Gasteiger charge is -2.18. The number of nitrogens with one attached hydrogen (secondary N) is 2. The van der Waals surface area contributed by atoms with E-state index in [2.05, 4.69) is 16.4 Å². The Morgan fingerprint density at radius 2 is 1.94 bits per heavy atom. The van der Waals surface area contributed by atoms with Crippen molar-refractivity contribution in [3.63, 3.8) is 0 Å². The van der Waals surface area contributed by atoms with Gasteiger partial charge in [-0.2, -0.15) is 5.26 Å². The summed E-state index contributed by atoms with van der Waals surface area (Å²) in [5.74, 6) is 0.148. The van der Waals surface area contributed by atoms with Gasteiger partial charge in [0.05, 0.1) is 36.5 Å². The topological polar surface area (TPSA) is 98.1 Å². The molecule has 1 heterocycles. The van der Waals surface area contributed by atoms with Crippen LogP contribution < -0.4 is 10.1 Å². The van der Waals surface area contributed by atoms with Gasteiger partial charge in [-0.15, -0.1) is 0 Å². The molecular formula is C27H25N3O3. The molecule has 0 radical (unpaired) electrons. The fourth-order valence-electron chi connectivity index (χ4n) is 3.93. The van der Waals surface area contributed by atoms with Crippen LogP contribution in [0.25, 0.3) is 22.0 Å². The maximum absolute atomic E-state index is 13.2. The smallest absolute Gasteiger partial charge is 0.255 e. The SMILES string of the molecule is CCOc1ccc(-c2cccc(C#N)c2)cc1C(=O)NC(CO)Cc1c[nH]c2ccccc12. The summed E-state index contributed by atoms with van der Waals surface area (Å²) in [6.07, 6.45) is 2.40. The molecule has 0 aliphatic carbocycles. The lowest BCUT2D eigenvalue weighted by atomic mass is 10.00. The van der Waals surface area contributed by atoms with Gasteiger partial charge in [-0.05, 0) is 60.4 Å². The number of hydrogen-bond acceptors (Lipinski definition) is 4. The summed E-state index contributed by atoms with van der Waals surface area (Å²) in [5, 5.41) is 23.2. The first kappa shape index (κ1) is 22.1. The molecule has 1 amide bonds. The molecule has 0 aliphatic rings. The largest absolute Gasteiger partial charge is 0.493 e. The molecule has 6 heteroatoms. The third kappa shape index (κ3) is 4.89. The van der Waals surface area contributed by atoms with Crippen molar-refractivity contribution in [2.45, 2.75) is 19.4 Å². The Balaban J connectivity index is 1.60. The predicted octanol–water partition coefficient (Wildman–Crippen LogP) is 4.44. The first-order chi connectivity index (χ1) is 16.1.